The van der Waals surface area contributed by atoms with E-state index in [1.165, 1.54) is 5.56 Å². The summed E-state index contributed by atoms with van der Waals surface area (Å²) in [6.45, 7) is 6.46. The summed E-state index contributed by atoms with van der Waals surface area (Å²) in [4.78, 5) is 27.2. The molecule has 6 heteroatoms. The van der Waals surface area contributed by atoms with E-state index in [1.54, 1.807) is 30.1 Å². The molecular weight excluding hydrogens is 419 g/mol. The summed E-state index contributed by atoms with van der Waals surface area (Å²) in [6, 6.07) is 13.0. The highest BCUT2D eigenvalue weighted by Gasteiger charge is 2.28. The molecule has 1 N–H and O–H groups in total. The third kappa shape index (κ3) is 6.48. The van der Waals surface area contributed by atoms with Crippen LogP contribution in [0.15, 0.2) is 42.5 Å². The van der Waals surface area contributed by atoms with Gasteiger partial charge in [-0.25, -0.2) is 0 Å². The monoisotopic (exact) mass is 448 g/mol. The second-order valence-corrected chi connectivity index (χ2v) is 8.54. The zero-order valence-corrected chi connectivity index (χ0v) is 19.6. The van der Waals surface area contributed by atoms with E-state index in [0.717, 1.165) is 11.1 Å². The Kier molecular flexibility index (Phi) is 9.19. The van der Waals surface area contributed by atoms with Crippen molar-refractivity contribution in [3.8, 4) is 0 Å². The molecule has 0 aliphatic rings. The lowest BCUT2D eigenvalue weighted by Crippen LogP contribution is -2.48. The molecule has 2 rings (SSSR count). The Morgan fingerprint density at radius 3 is 2.27 bits per heavy atom. The summed E-state index contributed by atoms with van der Waals surface area (Å²) in [7, 11) is 1.58. The van der Waals surface area contributed by atoms with Crippen molar-refractivity contribution in [2.45, 2.75) is 58.5 Å². The Morgan fingerprint density at radius 2 is 1.73 bits per heavy atom. The van der Waals surface area contributed by atoms with Crippen LogP contribution in [0.3, 0.4) is 0 Å². The van der Waals surface area contributed by atoms with Gasteiger partial charge in [-0.05, 0) is 47.6 Å². The molecule has 4 nitrogen and oxygen atoms in total. The van der Waals surface area contributed by atoms with Crippen LogP contribution in [-0.4, -0.2) is 29.8 Å². The Balaban J connectivity index is 2.19. The van der Waals surface area contributed by atoms with E-state index in [4.69, 9.17) is 23.2 Å². The summed E-state index contributed by atoms with van der Waals surface area (Å²) in [5.74, 6) is 0.208. The van der Waals surface area contributed by atoms with Crippen molar-refractivity contribution in [2.24, 2.45) is 0 Å². The third-order valence-electron chi connectivity index (χ3n) is 5.26. The molecule has 0 spiro atoms. The molecule has 0 aromatic heterocycles. The van der Waals surface area contributed by atoms with E-state index in [1.807, 2.05) is 6.92 Å². The minimum Gasteiger partial charge on any atom is -0.357 e. The zero-order valence-electron chi connectivity index (χ0n) is 18.0. The van der Waals surface area contributed by atoms with Crippen LogP contribution < -0.4 is 5.32 Å². The molecule has 0 fully saturated rings. The second kappa shape index (κ2) is 11.4. The van der Waals surface area contributed by atoms with Crippen LogP contribution >= 0.6 is 23.2 Å². The lowest BCUT2D eigenvalue weighted by Gasteiger charge is -2.30. The number of halogens is 2. The predicted molar refractivity (Wildman–Crippen MR) is 124 cm³/mol. The standard InChI is InChI=1S/C24H30Cl2N2O2/c1-5-22(24(30)27-4)28(15-19-11-12-20(25)14-21(19)26)23(29)13-8-17-6-9-18(10-7-17)16(2)3/h6-7,9-12,14,16,22H,5,8,13,15H2,1-4H3,(H,27,30)/t22-/m1/s1. The van der Waals surface area contributed by atoms with Gasteiger partial charge < -0.3 is 10.2 Å². The van der Waals surface area contributed by atoms with Gasteiger partial charge in [-0.3, -0.25) is 9.59 Å². The van der Waals surface area contributed by atoms with Gasteiger partial charge in [-0.2, -0.15) is 0 Å². The molecule has 162 valence electrons. The maximum absolute atomic E-state index is 13.2. The van der Waals surface area contributed by atoms with Crippen LogP contribution in [0.1, 0.15) is 56.2 Å². The first-order chi connectivity index (χ1) is 14.3. The summed E-state index contributed by atoms with van der Waals surface area (Å²) in [5, 5.41) is 3.68. The van der Waals surface area contributed by atoms with Gasteiger partial charge in [0.25, 0.3) is 0 Å². The van der Waals surface area contributed by atoms with Crippen molar-refractivity contribution in [1.29, 1.82) is 0 Å². The normalized spacial score (nSPS) is 12.0. The lowest BCUT2D eigenvalue weighted by atomic mass is 10.00. The number of carbonyl (C=O) groups is 2. The highest BCUT2D eigenvalue weighted by atomic mass is 35.5. The first kappa shape index (κ1) is 24.2. The number of nitrogens with zero attached hydrogens (tertiary/aromatic N) is 1. The summed E-state index contributed by atoms with van der Waals surface area (Å²) in [5.41, 5.74) is 3.14. The van der Waals surface area contributed by atoms with Crippen molar-refractivity contribution in [3.05, 3.63) is 69.2 Å². The number of aryl methyl sites for hydroxylation is 1. The fourth-order valence-corrected chi connectivity index (χ4v) is 3.85. The van der Waals surface area contributed by atoms with Crippen molar-refractivity contribution in [2.75, 3.05) is 7.05 Å². The molecule has 2 amide bonds. The average Bonchev–Trinajstić information content (AvgIpc) is 2.73. The van der Waals surface area contributed by atoms with E-state index in [2.05, 4.69) is 43.4 Å². The van der Waals surface area contributed by atoms with E-state index < -0.39 is 6.04 Å². The molecule has 2 aromatic rings. The van der Waals surface area contributed by atoms with E-state index in [9.17, 15) is 9.59 Å². The highest BCUT2D eigenvalue weighted by Crippen LogP contribution is 2.24. The Labute approximate surface area is 189 Å². The van der Waals surface area contributed by atoms with Crippen LogP contribution in [0.4, 0.5) is 0 Å². The van der Waals surface area contributed by atoms with Crippen molar-refractivity contribution >= 4 is 35.0 Å². The summed E-state index contributed by atoms with van der Waals surface area (Å²) >= 11 is 12.3. The maximum atomic E-state index is 13.2. The first-order valence-corrected chi connectivity index (χ1v) is 11.1. The Morgan fingerprint density at radius 1 is 1.07 bits per heavy atom. The minimum absolute atomic E-state index is 0.0793. The average molecular weight is 449 g/mol. The number of amides is 2. The Bertz CT molecular complexity index is 866. The topological polar surface area (TPSA) is 49.4 Å². The maximum Gasteiger partial charge on any atom is 0.242 e. The van der Waals surface area contributed by atoms with Crippen LogP contribution in [-0.2, 0) is 22.6 Å². The minimum atomic E-state index is -0.558. The molecule has 0 aliphatic heterocycles. The molecule has 0 heterocycles. The second-order valence-electron chi connectivity index (χ2n) is 7.69. The summed E-state index contributed by atoms with van der Waals surface area (Å²) < 4.78 is 0. The fourth-order valence-electron chi connectivity index (χ4n) is 3.38. The lowest BCUT2D eigenvalue weighted by molar-refractivity contribution is -0.141. The molecule has 2 aromatic carbocycles. The smallest absolute Gasteiger partial charge is 0.242 e. The molecule has 0 unspecified atom stereocenters. The zero-order chi connectivity index (χ0) is 22.3. The van der Waals surface area contributed by atoms with Crippen molar-refractivity contribution in [3.63, 3.8) is 0 Å². The number of hydrogen-bond acceptors (Lipinski definition) is 2. The molecule has 0 saturated carbocycles. The van der Waals surface area contributed by atoms with Gasteiger partial charge in [0.05, 0.1) is 0 Å². The van der Waals surface area contributed by atoms with Gasteiger partial charge in [0, 0.05) is 30.1 Å². The molecule has 1 atom stereocenters. The fraction of sp³-hybridized carbons (Fsp3) is 0.417. The van der Waals surface area contributed by atoms with Gasteiger partial charge >= 0.3 is 0 Å². The largest absolute Gasteiger partial charge is 0.357 e. The van der Waals surface area contributed by atoms with Crippen molar-refractivity contribution < 1.29 is 9.59 Å². The molecule has 30 heavy (non-hydrogen) atoms. The van der Waals surface area contributed by atoms with E-state index >= 15 is 0 Å². The molecular formula is C24H30Cl2N2O2. The third-order valence-corrected chi connectivity index (χ3v) is 5.85. The van der Waals surface area contributed by atoms with Gasteiger partial charge in [-0.1, -0.05) is 74.3 Å². The molecule has 0 saturated heterocycles. The van der Waals surface area contributed by atoms with Crippen LogP contribution in [0.5, 0.6) is 0 Å². The number of likely N-dealkylation sites (N-methyl/N-ethyl adjacent to an activating group) is 1. The van der Waals surface area contributed by atoms with Crippen LogP contribution in [0.2, 0.25) is 10.0 Å². The van der Waals surface area contributed by atoms with Gasteiger partial charge in [0.1, 0.15) is 6.04 Å². The van der Waals surface area contributed by atoms with Crippen molar-refractivity contribution in [1.82, 2.24) is 10.2 Å². The number of rotatable bonds is 9. The molecule has 0 aliphatic carbocycles. The molecule has 0 bridgehead atoms. The van der Waals surface area contributed by atoms with Crippen LogP contribution in [0.25, 0.3) is 0 Å². The number of hydrogen-bond donors (Lipinski definition) is 1. The predicted octanol–water partition coefficient (Wildman–Crippen LogP) is 5.60. The summed E-state index contributed by atoms with van der Waals surface area (Å²) in [6.07, 6.45) is 1.45. The van der Waals surface area contributed by atoms with E-state index in [0.29, 0.717) is 35.2 Å². The number of benzene rings is 2. The van der Waals surface area contributed by atoms with Gasteiger partial charge in [-0.15, -0.1) is 0 Å². The number of nitrogens with one attached hydrogen (secondary N) is 1. The van der Waals surface area contributed by atoms with E-state index in [-0.39, 0.29) is 18.4 Å². The quantitative estimate of drug-likeness (QED) is 0.542. The molecule has 0 radical (unpaired) electrons. The SMILES string of the molecule is CC[C@H](C(=O)NC)N(Cc1ccc(Cl)cc1Cl)C(=O)CCc1ccc(C(C)C)cc1. The Hall–Kier alpha value is -2.04. The number of carbonyl (C=O) groups excluding carboxylic acids is 2. The van der Waals surface area contributed by atoms with Gasteiger partial charge in [0.2, 0.25) is 11.8 Å². The highest BCUT2D eigenvalue weighted by molar-refractivity contribution is 6.35. The first-order valence-electron chi connectivity index (χ1n) is 10.3. The van der Waals surface area contributed by atoms with Crippen LogP contribution in [0, 0.1) is 0 Å². The van der Waals surface area contributed by atoms with Gasteiger partial charge in [0.15, 0.2) is 0 Å².